The third-order valence-corrected chi connectivity index (χ3v) is 3.08. The number of halogens is 1. The molecule has 0 amide bonds. The summed E-state index contributed by atoms with van der Waals surface area (Å²) in [6, 6.07) is 1.49. The van der Waals surface area contributed by atoms with Crippen LogP contribution in [0, 0.1) is 10.1 Å². The maximum Gasteiger partial charge on any atom is 0.271 e. The van der Waals surface area contributed by atoms with Gasteiger partial charge >= 0.3 is 0 Å². The van der Waals surface area contributed by atoms with Gasteiger partial charge in [0.2, 0.25) is 0 Å². The van der Waals surface area contributed by atoms with E-state index in [2.05, 4.69) is 15.9 Å². The first-order chi connectivity index (χ1) is 7.88. The number of nitro benzene ring substituents is 1. The first kappa shape index (κ1) is 13.9. The van der Waals surface area contributed by atoms with Crippen LogP contribution in [0.3, 0.4) is 0 Å². The zero-order valence-electron chi connectivity index (χ0n) is 9.13. The molecule has 0 unspecified atom stereocenters. The maximum absolute atomic E-state index is 10.7. The Bertz CT molecular complexity index is 439. The minimum Gasteiger partial charge on any atom is -0.506 e. The van der Waals surface area contributed by atoms with E-state index in [9.17, 15) is 20.3 Å². The average molecular weight is 305 g/mol. The lowest BCUT2D eigenvalue weighted by Crippen LogP contribution is -2.25. The predicted octanol–water partition coefficient (Wildman–Crippen LogP) is 1.83. The topological polar surface area (TPSA) is 110 Å². The molecule has 17 heavy (non-hydrogen) atoms. The van der Waals surface area contributed by atoms with Crippen LogP contribution in [-0.4, -0.2) is 21.2 Å². The van der Waals surface area contributed by atoms with Gasteiger partial charge in [-0.1, -0.05) is 6.92 Å². The summed E-state index contributed by atoms with van der Waals surface area (Å²) in [5.74, 6) is -0.185. The van der Waals surface area contributed by atoms with Crippen LogP contribution in [0.1, 0.15) is 24.9 Å². The van der Waals surface area contributed by atoms with Crippen LogP contribution in [0.5, 0.6) is 5.75 Å². The minimum absolute atomic E-state index is 0.153. The Hall–Kier alpha value is -1.18. The van der Waals surface area contributed by atoms with E-state index in [0.717, 1.165) is 0 Å². The lowest BCUT2D eigenvalue weighted by atomic mass is 9.99. The summed E-state index contributed by atoms with van der Waals surface area (Å²) in [4.78, 5) is 10.1. The van der Waals surface area contributed by atoms with Crippen molar-refractivity contribution in [3.63, 3.8) is 0 Å². The second-order valence-electron chi connectivity index (χ2n) is 3.62. The number of aliphatic hydroxyl groups is 1. The number of nitrogens with zero attached hydrogens (tertiary/aromatic N) is 1. The molecule has 0 saturated carbocycles. The van der Waals surface area contributed by atoms with Crippen molar-refractivity contribution in [1.29, 1.82) is 0 Å². The molecule has 0 spiro atoms. The molecule has 2 atom stereocenters. The van der Waals surface area contributed by atoms with E-state index < -0.39 is 17.1 Å². The summed E-state index contributed by atoms with van der Waals surface area (Å²) in [7, 11) is 0. The standard InChI is InChI=1S/C10H13BrN2O4/c1-2-8(14)9(12)6-3-5(13(16)17)4-7(11)10(6)15/h3-4,8-9,14-15H,2,12H2,1H3/t8-,9+/m1/s1. The second kappa shape index (κ2) is 5.44. The minimum atomic E-state index is -0.866. The maximum atomic E-state index is 10.7. The van der Waals surface area contributed by atoms with E-state index >= 15 is 0 Å². The van der Waals surface area contributed by atoms with Crippen molar-refractivity contribution in [2.45, 2.75) is 25.5 Å². The fourth-order valence-corrected chi connectivity index (χ4v) is 1.89. The molecule has 0 bridgehead atoms. The molecule has 6 nitrogen and oxygen atoms in total. The number of phenolic OH excluding ortho intramolecular Hbond substituents is 1. The van der Waals surface area contributed by atoms with Crippen molar-refractivity contribution >= 4 is 21.6 Å². The lowest BCUT2D eigenvalue weighted by molar-refractivity contribution is -0.385. The number of non-ortho nitro benzene ring substituents is 1. The highest BCUT2D eigenvalue weighted by atomic mass is 79.9. The highest BCUT2D eigenvalue weighted by molar-refractivity contribution is 9.10. The summed E-state index contributed by atoms with van der Waals surface area (Å²) in [6.07, 6.45) is -0.476. The van der Waals surface area contributed by atoms with Crippen LogP contribution in [0.15, 0.2) is 16.6 Å². The van der Waals surface area contributed by atoms with E-state index in [1.807, 2.05) is 0 Å². The van der Waals surface area contributed by atoms with E-state index in [4.69, 9.17) is 5.73 Å². The molecule has 0 fully saturated rings. The normalized spacial score (nSPS) is 14.4. The third kappa shape index (κ3) is 2.93. The van der Waals surface area contributed by atoms with Crippen LogP contribution >= 0.6 is 15.9 Å². The van der Waals surface area contributed by atoms with Gasteiger partial charge in [0, 0.05) is 17.7 Å². The quantitative estimate of drug-likeness (QED) is 0.580. The van der Waals surface area contributed by atoms with Crippen LogP contribution in [0.2, 0.25) is 0 Å². The van der Waals surface area contributed by atoms with Crippen molar-refractivity contribution in [2.75, 3.05) is 0 Å². The van der Waals surface area contributed by atoms with E-state index in [1.54, 1.807) is 6.92 Å². The number of rotatable bonds is 4. The molecule has 0 heterocycles. The van der Waals surface area contributed by atoms with Gasteiger partial charge in [-0.05, 0) is 22.4 Å². The summed E-state index contributed by atoms with van der Waals surface area (Å²) >= 11 is 3.01. The fourth-order valence-electron chi connectivity index (χ4n) is 1.43. The number of hydrogen-bond donors (Lipinski definition) is 3. The molecule has 1 aromatic carbocycles. The number of nitrogens with two attached hydrogens (primary N) is 1. The van der Waals surface area contributed by atoms with Gasteiger partial charge in [-0.15, -0.1) is 0 Å². The van der Waals surface area contributed by atoms with Gasteiger partial charge in [-0.25, -0.2) is 0 Å². The number of aromatic hydroxyl groups is 1. The van der Waals surface area contributed by atoms with Gasteiger partial charge in [-0.3, -0.25) is 10.1 Å². The Balaban J connectivity index is 3.27. The lowest BCUT2D eigenvalue weighted by Gasteiger charge is -2.19. The first-order valence-corrected chi connectivity index (χ1v) is 5.78. The van der Waals surface area contributed by atoms with Gasteiger partial charge in [-0.2, -0.15) is 0 Å². The molecule has 0 aliphatic heterocycles. The zero-order valence-corrected chi connectivity index (χ0v) is 10.7. The molecule has 94 valence electrons. The van der Waals surface area contributed by atoms with Gasteiger partial charge < -0.3 is 15.9 Å². The van der Waals surface area contributed by atoms with E-state index in [1.165, 1.54) is 12.1 Å². The molecule has 0 saturated heterocycles. The molecular weight excluding hydrogens is 292 g/mol. The molecule has 0 radical (unpaired) electrons. The molecular formula is C10H13BrN2O4. The van der Waals surface area contributed by atoms with Crippen LogP contribution in [0.4, 0.5) is 5.69 Å². The predicted molar refractivity (Wildman–Crippen MR) is 65.7 cm³/mol. The molecule has 0 aliphatic rings. The monoisotopic (exact) mass is 304 g/mol. The Kier molecular flexibility index (Phi) is 4.44. The molecule has 1 aromatic rings. The van der Waals surface area contributed by atoms with Gasteiger partial charge in [0.25, 0.3) is 5.69 Å². The molecule has 1 rings (SSSR count). The summed E-state index contributed by atoms with van der Waals surface area (Å²) in [5.41, 5.74) is 5.70. The third-order valence-electron chi connectivity index (χ3n) is 2.48. The van der Waals surface area contributed by atoms with Crippen LogP contribution in [0.25, 0.3) is 0 Å². The Morgan fingerprint density at radius 2 is 2.18 bits per heavy atom. The number of nitro groups is 1. The fraction of sp³-hybridized carbons (Fsp3) is 0.400. The SMILES string of the molecule is CC[C@@H](O)[C@@H](N)c1cc([N+](=O)[O-])cc(Br)c1O. The van der Waals surface area contributed by atoms with Crippen molar-refractivity contribution in [2.24, 2.45) is 5.73 Å². The molecule has 7 heteroatoms. The van der Waals surface area contributed by atoms with Crippen LogP contribution < -0.4 is 5.73 Å². The highest BCUT2D eigenvalue weighted by Crippen LogP contribution is 2.36. The van der Waals surface area contributed by atoms with Gasteiger partial charge in [0.05, 0.1) is 21.5 Å². The smallest absolute Gasteiger partial charge is 0.271 e. The molecule has 0 aliphatic carbocycles. The van der Waals surface area contributed by atoms with Gasteiger partial charge in [0.1, 0.15) is 5.75 Å². The largest absolute Gasteiger partial charge is 0.506 e. The first-order valence-electron chi connectivity index (χ1n) is 4.98. The number of benzene rings is 1. The Morgan fingerprint density at radius 1 is 1.59 bits per heavy atom. The van der Waals surface area contributed by atoms with Crippen molar-refractivity contribution < 1.29 is 15.1 Å². The zero-order chi connectivity index (χ0) is 13.2. The Morgan fingerprint density at radius 3 is 2.65 bits per heavy atom. The molecule has 0 aromatic heterocycles. The van der Waals surface area contributed by atoms with Gasteiger partial charge in [0.15, 0.2) is 0 Å². The number of hydrogen-bond acceptors (Lipinski definition) is 5. The van der Waals surface area contributed by atoms with Crippen molar-refractivity contribution in [3.8, 4) is 5.75 Å². The summed E-state index contributed by atoms with van der Waals surface area (Å²) in [6.45, 7) is 1.73. The molecule has 4 N–H and O–H groups in total. The summed E-state index contributed by atoms with van der Waals surface area (Å²) in [5, 5.41) is 30.0. The highest BCUT2D eigenvalue weighted by Gasteiger charge is 2.23. The van der Waals surface area contributed by atoms with E-state index in [-0.39, 0.29) is 21.5 Å². The Labute approximate surface area is 106 Å². The number of aliphatic hydroxyl groups excluding tert-OH is 1. The van der Waals surface area contributed by atoms with E-state index in [0.29, 0.717) is 6.42 Å². The van der Waals surface area contributed by atoms with Crippen LogP contribution in [-0.2, 0) is 0 Å². The second-order valence-corrected chi connectivity index (χ2v) is 4.48. The number of phenols is 1. The van der Waals surface area contributed by atoms with Crippen molar-refractivity contribution in [3.05, 3.63) is 32.3 Å². The average Bonchev–Trinajstić information content (AvgIpc) is 2.30. The summed E-state index contributed by atoms with van der Waals surface area (Å²) < 4.78 is 0.181. The van der Waals surface area contributed by atoms with Crippen molar-refractivity contribution in [1.82, 2.24) is 0 Å².